The zero-order valence-electron chi connectivity index (χ0n) is 16.4. The van der Waals surface area contributed by atoms with Gasteiger partial charge in [-0.25, -0.2) is 8.42 Å². The Balaban J connectivity index is 1.55. The van der Waals surface area contributed by atoms with Gasteiger partial charge in [0.05, 0.1) is 16.7 Å². The fraction of sp³-hybridized carbons (Fsp3) is 0.261. The van der Waals surface area contributed by atoms with Crippen molar-refractivity contribution in [3.8, 4) is 0 Å². The predicted octanol–water partition coefficient (Wildman–Crippen LogP) is 3.59. The number of hydrogen-bond donors (Lipinski definition) is 0. The van der Waals surface area contributed by atoms with E-state index in [4.69, 9.17) is 0 Å². The molecule has 2 heterocycles. The highest BCUT2D eigenvalue weighted by atomic mass is 32.2. The molecule has 0 saturated heterocycles. The fourth-order valence-electron chi connectivity index (χ4n) is 3.87. The lowest BCUT2D eigenvalue weighted by Gasteiger charge is -2.37. The highest BCUT2D eigenvalue weighted by molar-refractivity contribution is 7.91. The van der Waals surface area contributed by atoms with Crippen molar-refractivity contribution >= 4 is 15.7 Å². The molecule has 6 heteroatoms. The molecule has 0 saturated carbocycles. The van der Waals surface area contributed by atoms with Crippen molar-refractivity contribution in [3.63, 3.8) is 0 Å². The smallest absolute Gasteiger partial charge is 0.224 e. The number of nitrogens with zero attached hydrogens (tertiary/aromatic N) is 2. The molecule has 5 nitrogen and oxygen atoms in total. The van der Waals surface area contributed by atoms with Crippen LogP contribution in [0.3, 0.4) is 0 Å². The molecule has 2 aromatic carbocycles. The minimum Gasteiger partial charge on any atom is -0.348 e. The van der Waals surface area contributed by atoms with E-state index in [-0.39, 0.29) is 29.0 Å². The number of aromatic nitrogens is 1. The first-order valence-electron chi connectivity index (χ1n) is 9.74. The molecule has 1 aromatic heterocycles. The van der Waals surface area contributed by atoms with Crippen molar-refractivity contribution in [2.24, 2.45) is 0 Å². The molecular formula is C23H24N2O3S. The first-order chi connectivity index (χ1) is 14.0. The maximum atomic E-state index is 13.1. The first-order valence-corrected chi connectivity index (χ1v) is 11.4. The lowest BCUT2D eigenvalue weighted by atomic mass is 9.99. The standard InChI is InChI=1S/C23H24N2O3S/c1-18-9-11-20(12-10-18)29(27,28)17-13-22(26)25-16-15-24-14-5-8-21(24)23(25)19-6-3-2-4-7-19/h2-12,14,23H,13,15-17H2,1H3. The molecule has 1 amide bonds. The SMILES string of the molecule is Cc1ccc(S(=O)(=O)CCC(=O)N2CCn3cccc3C2c2ccccc2)cc1. The summed E-state index contributed by atoms with van der Waals surface area (Å²) in [7, 11) is -3.50. The Kier molecular flexibility index (Phi) is 5.28. The van der Waals surface area contributed by atoms with Crippen LogP contribution in [0.4, 0.5) is 0 Å². The average molecular weight is 409 g/mol. The van der Waals surface area contributed by atoms with Crippen molar-refractivity contribution in [3.05, 3.63) is 89.7 Å². The Labute approximate surface area is 171 Å². The summed E-state index contributed by atoms with van der Waals surface area (Å²) >= 11 is 0. The van der Waals surface area contributed by atoms with Crippen molar-refractivity contribution in [2.75, 3.05) is 12.3 Å². The topological polar surface area (TPSA) is 59.4 Å². The largest absolute Gasteiger partial charge is 0.348 e. The minimum atomic E-state index is -3.50. The lowest BCUT2D eigenvalue weighted by Crippen LogP contribution is -2.42. The Morgan fingerprint density at radius 3 is 2.41 bits per heavy atom. The summed E-state index contributed by atoms with van der Waals surface area (Å²) in [5.41, 5.74) is 3.08. The van der Waals surface area contributed by atoms with Crippen LogP contribution in [0, 0.1) is 6.92 Å². The number of carbonyl (C=O) groups excluding carboxylic acids is 1. The monoisotopic (exact) mass is 408 g/mol. The van der Waals surface area contributed by atoms with Crippen molar-refractivity contribution < 1.29 is 13.2 Å². The molecule has 0 spiro atoms. The number of hydrogen-bond acceptors (Lipinski definition) is 3. The van der Waals surface area contributed by atoms with Crippen LogP contribution < -0.4 is 0 Å². The van der Waals surface area contributed by atoms with E-state index in [1.165, 1.54) is 0 Å². The van der Waals surface area contributed by atoms with Crippen LogP contribution in [0.5, 0.6) is 0 Å². The van der Waals surface area contributed by atoms with Gasteiger partial charge in [0, 0.05) is 31.4 Å². The summed E-state index contributed by atoms with van der Waals surface area (Å²) in [6.45, 7) is 3.18. The van der Waals surface area contributed by atoms with Crippen molar-refractivity contribution in [1.82, 2.24) is 9.47 Å². The van der Waals surface area contributed by atoms with Crippen molar-refractivity contribution in [1.29, 1.82) is 0 Å². The highest BCUT2D eigenvalue weighted by Gasteiger charge is 2.32. The second-order valence-electron chi connectivity index (χ2n) is 7.41. The maximum Gasteiger partial charge on any atom is 0.224 e. The van der Waals surface area contributed by atoms with Crippen LogP contribution in [0.15, 0.2) is 77.8 Å². The van der Waals surface area contributed by atoms with Gasteiger partial charge in [-0.2, -0.15) is 0 Å². The summed E-state index contributed by atoms with van der Waals surface area (Å²) in [5.74, 6) is -0.324. The minimum absolute atomic E-state index is 0.0275. The van der Waals surface area contributed by atoms with E-state index in [0.717, 1.165) is 16.8 Å². The molecule has 150 valence electrons. The van der Waals surface area contributed by atoms with Crippen LogP contribution in [0.1, 0.15) is 29.3 Å². The third-order valence-electron chi connectivity index (χ3n) is 5.44. The first kappa shape index (κ1) is 19.5. The maximum absolute atomic E-state index is 13.1. The average Bonchev–Trinajstić information content (AvgIpc) is 3.21. The van der Waals surface area contributed by atoms with Gasteiger partial charge in [0.15, 0.2) is 9.84 Å². The second kappa shape index (κ2) is 7.87. The van der Waals surface area contributed by atoms with Gasteiger partial charge in [-0.15, -0.1) is 0 Å². The van der Waals surface area contributed by atoms with Gasteiger partial charge in [0.1, 0.15) is 0 Å². The van der Waals surface area contributed by atoms with Crippen LogP contribution >= 0.6 is 0 Å². The Hall–Kier alpha value is -2.86. The zero-order valence-corrected chi connectivity index (χ0v) is 17.2. The predicted molar refractivity (Wildman–Crippen MR) is 112 cm³/mol. The van der Waals surface area contributed by atoms with Crippen molar-refractivity contribution in [2.45, 2.75) is 30.8 Å². The van der Waals surface area contributed by atoms with Gasteiger partial charge in [0.25, 0.3) is 0 Å². The molecule has 1 aliphatic heterocycles. The van der Waals surface area contributed by atoms with E-state index in [2.05, 4.69) is 4.57 Å². The van der Waals surface area contributed by atoms with Crippen LogP contribution in [0.25, 0.3) is 0 Å². The molecule has 3 aromatic rings. The zero-order chi connectivity index (χ0) is 20.4. The number of amides is 1. The molecule has 29 heavy (non-hydrogen) atoms. The van der Waals surface area contributed by atoms with Crippen LogP contribution in [-0.2, 0) is 21.2 Å². The number of sulfone groups is 1. The Bertz CT molecular complexity index is 1100. The summed E-state index contributed by atoms with van der Waals surface area (Å²) in [4.78, 5) is 15.2. The van der Waals surface area contributed by atoms with Gasteiger partial charge >= 0.3 is 0 Å². The van der Waals surface area contributed by atoms with Gasteiger partial charge in [-0.05, 0) is 36.8 Å². The third kappa shape index (κ3) is 3.98. The van der Waals surface area contributed by atoms with E-state index in [1.54, 1.807) is 24.3 Å². The molecule has 1 aliphatic rings. The third-order valence-corrected chi connectivity index (χ3v) is 7.17. The number of fused-ring (bicyclic) bond motifs is 1. The number of carbonyl (C=O) groups is 1. The Morgan fingerprint density at radius 2 is 1.69 bits per heavy atom. The summed E-state index contributed by atoms with van der Waals surface area (Å²) in [6, 6.07) is 20.5. The Morgan fingerprint density at radius 1 is 0.966 bits per heavy atom. The molecule has 1 unspecified atom stereocenters. The summed E-state index contributed by atoms with van der Waals surface area (Å²) < 4.78 is 27.5. The van der Waals surface area contributed by atoms with E-state index in [1.807, 2.05) is 60.5 Å². The number of rotatable bonds is 5. The quantitative estimate of drug-likeness (QED) is 0.648. The van der Waals surface area contributed by atoms with Crippen LogP contribution in [0.2, 0.25) is 0 Å². The van der Waals surface area contributed by atoms with E-state index in [9.17, 15) is 13.2 Å². The molecule has 0 radical (unpaired) electrons. The lowest BCUT2D eigenvalue weighted by molar-refractivity contribution is -0.133. The van der Waals surface area contributed by atoms with Gasteiger partial charge in [0.2, 0.25) is 5.91 Å². The van der Waals surface area contributed by atoms with Crippen LogP contribution in [-0.4, -0.2) is 36.1 Å². The van der Waals surface area contributed by atoms with E-state index in [0.29, 0.717) is 13.1 Å². The molecule has 0 N–H and O–H groups in total. The summed E-state index contributed by atoms with van der Waals surface area (Å²) in [5, 5.41) is 0. The molecule has 4 rings (SSSR count). The molecular weight excluding hydrogens is 384 g/mol. The number of benzene rings is 2. The second-order valence-corrected chi connectivity index (χ2v) is 9.52. The highest BCUT2D eigenvalue weighted by Crippen LogP contribution is 2.32. The molecule has 0 bridgehead atoms. The van der Waals surface area contributed by atoms with Gasteiger partial charge < -0.3 is 9.47 Å². The van der Waals surface area contributed by atoms with E-state index >= 15 is 0 Å². The summed E-state index contributed by atoms with van der Waals surface area (Å²) in [6.07, 6.45) is 2.00. The van der Waals surface area contributed by atoms with Gasteiger partial charge in [-0.3, -0.25) is 4.79 Å². The molecule has 0 aliphatic carbocycles. The normalized spacial score (nSPS) is 16.4. The molecule has 1 atom stereocenters. The number of aryl methyl sites for hydroxylation is 1. The fourth-order valence-corrected chi connectivity index (χ4v) is 5.10. The molecule has 0 fully saturated rings. The van der Waals surface area contributed by atoms with E-state index < -0.39 is 9.84 Å². The van der Waals surface area contributed by atoms with Gasteiger partial charge in [-0.1, -0.05) is 48.0 Å².